The fourth-order valence-electron chi connectivity index (χ4n) is 3.22. The summed E-state index contributed by atoms with van der Waals surface area (Å²) in [5, 5.41) is 20.0. The molecule has 9 heteroatoms. The van der Waals surface area contributed by atoms with Crippen LogP contribution in [0.2, 0.25) is 18.1 Å². The molecule has 0 aromatic heterocycles. The van der Waals surface area contributed by atoms with E-state index in [1.54, 1.807) is 0 Å². The fraction of sp³-hybridized carbons (Fsp3) is 0.682. The number of rotatable bonds is 6. The van der Waals surface area contributed by atoms with Gasteiger partial charge in [-0.2, -0.15) is 5.11 Å². The number of aliphatic hydroxyl groups is 1. The molecule has 0 aliphatic carbocycles. The SMILES string of the molecule is C#[S-](c1ccccc1)[C@@H]1C[C@@H](N(N=NC)C(C)F)[C@H](O)[C@@H](CO[Si](C)(C)C(C)(C)C)O1. The fourth-order valence-corrected chi connectivity index (χ4v) is 5.68. The van der Waals surface area contributed by atoms with E-state index in [0.717, 1.165) is 4.90 Å². The van der Waals surface area contributed by atoms with Crippen molar-refractivity contribution in [2.24, 2.45) is 10.3 Å². The number of hydrogen-bond donors (Lipinski definition) is 1. The number of benzene rings is 1. The average Bonchev–Trinajstić information content (AvgIpc) is 2.70. The molecule has 1 saturated heterocycles. The van der Waals surface area contributed by atoms with E-state index >= 15 is 0 Å². The quantitative estimate of drug-likeness (QED) is 0.215. The molecule has 1 aliphatic rings. The monoisotopic (exact) mass is 470 g/mol. The molecule has 1 aromatic rings. The van der Waals surface area contributed by atoms with Gasteiger partial charge in [-0.15, -0.1) is 4.90 Å². The first kappa shape index (κ1) is 26.0. The molecule has 0 saturated carbocycles. The zero-order chi connectivity index (χ0) is 23.4. The summed E-state index contributed by atoms with van der Waals surface area (Å²) < 4.78 is 27.0. The summed E-state index contributed by atoms with van der Waals surface area (Å²) in [5.74, 6) is 0. The minimum atomic E-state index is -2.07. The number of nitrogens with zero attached hydrogens (tertiary/aromatic N) is 3. The lowest BCUT2D eigenvalue weighted by Crippen LogP contribution is -2.58. The zero-order valence-electron chi connectivity index (χ0n) is 19.7. The van der Waals surface area contributed by atoms with Crippen LogP contribution in [0.25, 0.3) is 0 Å². The highest BCUT2D eigenvalue weighted by Gasteiger charge is 2.43. The van der Waals surface area contributed by atoms with E-state index in [1.165, 1.54) is 19.0 Å². The number of halogens is 1. The Morgan fingerprint density at radius 2 is 1.97 bits per heavy atom. The second-order valence-corrected chi connectivity index (χ2v) is 15.9. The summed E-state index contributed by atoms with van der Waals surface area (Å²) >= 11 is 0. The Hall–Kier alpha value is -1.22. The van der Waals surface area contributed by atoms with E-state index in [9.17, 15) is 9.50 Å². The van der Waals surface area contributed by atoms with Crippen LogP contribution in [0.5, 0.6) is 0 Å². The minimum Gasteiger partial charge on any atom is -0.414 e. The smallest absolute Gasteiger partial charge is 0.192 e. The number of ether oxygens (including phenoxy) is 1. The van der Waals surface area contributed by atoms with Crippen molar-refractivity contribution in [3.05, 3.63) is 30.3 Å². The van der Waals surface area contributed by atoms with Crippen molar-refractivity contribution in [1.29, 1.82) is 0 Å². The average molecular weight is 471 g/mol. The Bertz CT molecular complexity index is 808. The van der Waals surface area contributed by atoms with Gasteiger partial charge in [0.05, 0.1) is 19.7 Å². The highest BCUT2D eigenvalue weighted by Crippen LogP contribution is 2.37. The summed E-state index contributed by atoms with van der Waals surface area (Å²) in [4.78, 5) is 0.948. The second-order valence-electron chi connectivity index (χ2n) is 9.40. The maximum atomic E-state index is 14.4. The van der Waals surface area contributed by atoms with E-state index in [4.69, 9.17) is 14.9 Å². The van der Waals surface area contributed by atoms with Crippen molar-refractivity contribution in [2.75, 3.05) is 13.7 Å². The van der Waals surface area contributed by atoms with Crippen molar-refractivity contribution < 1.29 is 18.7 Å². The van der Waals surface area contributed by atoms with E-state index in [2.05, 4.69) is 44.2 Å². The third-order valence-electron chi connectivity index (χ3n) is 6.15. The third-order valence-corrected chi connectivity index (χ3v) is 12.3. The molecule has 6 nitrogen and oxygen atoms in total. The number of aliphatic hydroxyl groups excluding tert-OH is 1. The van der Waals surface area contributed by atoms with E-state index in [0.29, 0.717) is 6.42 Å². The maximum Gasteiger partial charge on any atom is 0.192 e. The molecule has 1 fully saturated rings. The topological polar surface area (TPSA) is 66.7 Å². The van der Waals surface area contributed by atoms with Gasteiger partial charge in [-0.3, -0.25) is 0 Å². The Morgan fingerprint density at radius 1 is 1.35 bits per heavy atom. The molecule has 2 rings (SSSR count). The summed E-state index contributed by atoms with van der Waals surface area (Å²) in [6, 6.07) is 9.06. The van der Waals surface area contributed by atoms with Crippen LogP contribution in [-0.4, -0.2) is 62.1 Å². The van der Waals surface area contributed by atoms with Gasteiger partial charge in [0.1, 0.15) is 12.2 Å². The molecule has 1 unspecified atom stereocenters. The standard InChI is InChI=1S/C22H37FN3O3SSi/c1-16(23)26(25-24-5)18-14-20(30(6)17-12-10-9-11-13-17)29-19(21(18)27)15-28-31(7,8)22(2,3)4/h6,9-13,16,18-21,27H,14-15H2,1-5,7-8H3/q-1/t16?,18-,19-,20-,21+/m1/s1. The van der Waals surface area contributed by atoms with E-state index in [1.807, 2.05) is 30.3 Å². The molecular formula is C22H37FN3O3SSi-. The predicted molar refractivity (Wildman–Crippen MR) is 126 cm³/mol. The molecule has 0 spiro atoms. The normalized spacial score (nSPS) is 26.4. The lowest BCUT2D eigenvalue weighted by Gasteiger charge is -2.48. The van der Waals surface area contributed by atoms with Crippen LogP contribution < -0.4 is 0 Å². The van der Waals surface area contributed by atoms with Gasteiger partial charge in [0.2, 0.25) is 0 Å². The largest absolute Gasteiger partial charge is 0.414 e. The van der Waals surface area contributed by atoms with Gasteiger partial charge < -0.3 is 30.3 Å². The minimum absolute atomic E-state index is 0.0174. The number of alkyl halides is 1. The first-order chi connectivity index (χ1) is 14.4. The van der Waals surface area contributed by atoms with E-state index in [-0.39, 0.29) is 11.6 Å². The Kier molecular flexibility index (Phi) is 8.90. The van der Waals surface area contributed by atoms with Crippen LogP contribution in [0, 0.1) is 5.69 Å². The Labute approximate surface area is 189 Å². The molecular weight excluding hydrogens is 433 g/mol. The van der Waals surface area contributed by atoms with Crippen LogP contribution in [-0.2, 0) is 19.5 Å². The van der Waals surface area contributed by atoms with Crippen molar-refractivity contribution in [2.45, 2.75) is 87.1 Å². The Morgan fingerprint density at radius 3 is 2.48 bits per heavy atom. The summed E-state index contributed by atoms with van der Waals surface area (Å²) in [6.45, 7) is 12.4. The lowest BCUT2D eigenvalue weighted by molar-refractivity contribution is -0.154. The third kappa shape index (κ3) is 6.40. The first-order valence-corrected chi connectivity index (χ1v) is 14.9. The van der Waals surface area contributed by atoms with Gasteiger partial charge in [0.25, 0.3) is 0 Å². The molecule has 0 amide bonds. The first-order valence-electron chi connectivity index (χ1n) is 10.6. The van der Waals surface area contributed by atoms with Crippen molar-refractivity contribution in [3.63, 3.8) is 0 Å². The second kappa shape index (κ2) is 10.6. The van der Waals surface area contributed by atoms with Crippen LogP contribution in [0.15, 0.2) is 45.6 Å². The maximum absolute atomic E-state index is 14.4. The highest BCUT2D eigenvalue weighted by molar-refractivity contribution is 7.86. The molecule has 5 atom stereocenters. The van der Waals surface area contributed by atoms with Crippen molar-refractivity contribution >= 4 is 18.6 Å². The van der Waals surface area contributed by atoms with Gasteiger partial charge in [-0.1, -0.05) is 56.3 Å². The molecule has 1 aromatic carbocycles. The zero-order valence-corrected chi connectivity index (χ0v) is 21.5. The van der Waals surface area contributed by atoms with Crippen LogP contribution in [0.3, 0.4) is 0 Å². The summed E-state index contributed by atoms with van der Waals surface area (Å²) in [6.07, 6.45) is -2.72. The van der Waals surface area contributed by atoms with Crippen LogP contribution in [0.4, 0.5) is 4.39 Å². The number of hydrogen-bond acceptors (Lipinski definition) is 6. The van der Waals surface area contributed by atoms with Gasteiger partial charge in [0, 0.05) is 0 Å². The summed E-state index contributed by atoms with van der Waals surface area (Å²) in [5.41, 5.74) is 6.16. The van der Waals surface area contributed by atoms with Gasteiger partial charge >= 0.3 is 0 Å². The predicted octanol–water partition coefficient (Wildman–Crippen LogP) is 4.73. The van der Waals surface area contributed by atoms with Gasteiger partial charge in [0.15, 0.2) is 14.6 Å². The van der Waals surface area contributed by atoms with Crippen LogP contribution >= 0.6 is 0 Å². The van der Waals surface area contributed by atoms with Crippen LogP contribution in [0.1, 0.15) is 34.1 Å². The molecule has 1 heterocycles. The van der Waals surface area contributed by atoms with Gasteiger partial charge in [-0.05, 0) is 36.9 Å². The molecule has 176 valence electrons. The Balaban J connectivity index is 2.32. The van der Waals surface area contributed by atoms with Gasteiger partial charge in [-0.25, -0.2) is 9.40 Å². The molecule has 31 heavy (non-hydrogen) atoms. The molecule has 1 N–H and O–H groups in total. The van der Waals surface area contributed by atoms with E-state index < -0.39 is 48.6 Å². The molecule has 0 bridgehead atoms. The lowest BCUT2D eigenvalue weighted by atomic mass is 9.99. The molecule has 0 radical (unpaired) electrons. The van der Waals surface area contributed by atoms with Crippen molar-refractivity contribution in [1.82, 2.24) is 5.01 Å². The van der Waals surface area contributed by atoms with Crippen molar-refractivity contribution in [3.8, 4) is 5.69 Å². The highest BCUT2D eigenvalue weighted by atomic mass is 32.2. The molecule has 1 aliphatic heterocycles. The summed E-state index contributed by atoms with van der Waals surface area (Å²) in [7, 11) is -1.34.